The van der Waals surface area contributed by atoms with Gasteiger partial charge in [-0.05, 0) is 34.7 Å². The van der Waals surface area contributed by atoms with Crippen LogP contribution in [0.4, 0.5) is 4.39 Å². The number of methoxy groups -OCH3 is 1. The van der Waals surface area contributed by atoms with Crippen molar-refractivity contribution in [1.29, 1.82) is 0 Å². The molecule has 2 nitrogen and oxygen atoms in total. The Morgan fingerprint density at radius 2 is 2.25 bits per heavy atom. The zero-order valence-electron chi connectivity index (χ0n) is 6.30. The number of hydrogen-bond acceptors (Lipinski definition) is 2. The fourth-order valence-electron chi connectivity index (χ4n) is 0.792. The van der Waals surface area contributed by atoms with Crippen LogP contribution >= 0.6 is 22.6 Å². The summed E-state index contributed by atoms with van der Waals surface area (Å²) in [5, 5.41) is 0. The van der Waals surface area contributed by atoms with Gasteiger partial charge in [-0.1, -0.05) is 0 Å². The SMILES string of the molecule is COc1cc(C=O)c(I)cc1F. The summed E-state index contributed by atoms with van der Waals surface area (Å²) in [7, 11) is 1.36. The molecule has 0 saturated heterocycles. The maximum atomic E-state index is 12.9. The number of ether oxygens (including phenoxy) is 1. The van der Waals surface area contributed by atoms with E-state index in [2.05, 4.69) is 0 Å². The van der Waals surface area contributed by atoms with Crippen molar-refractivity contribution in [2.24, 2.45) is 0 Å². The number of carbonyl (C=O) groups excluding carboxylic acids is 1. The van der Waals surface area contributed by atoms with Gasteiger partial charge in [0.25, 0.3) is 0 Å². The Morgan fingerprint density at radius 3 is 2.75 bits per heavy atom. The van der Waals surface area contributed by atoms with E-state index in [1.807, 2.05) is 22.6 Å². The minimum Gasteiger partial charge on any atom is -0.494 e. The van der Waals surface area contributed by atoms with Gasteiger partial charge in [0.1, 0.15) is 0 Å². The normalized spacial score (nSPS) is 9.58. The Morgan fingerprint density at radius 1 is 1.58 bits per heavy atom. The van der Waals surface area contributed by atoms with Gasteiger partial charge in [0.05, 0.1) is 7.11 Å². The second kappa shape index (κ2) is 3.84. The Balaban J connectivity index is 3.26. The second-order valence-corrected chi connectivity index (χ2v) is 3.29. The van der Waals surface area contributed by atoms with Gasteiger partial charge in [-0.2, -0.15) is 0 Å². The van der Waals surface area contributed by atoms with Crippen molar-refractivity contribution in [1.82, 2.24) is 0 Å². The third-order valence-corrected chi connectivity index (χ3v) is 2.33. The first kappa shape index (κ1) is 9.44. The minimum atomic E-state index is -0.451. The van der Waals surface area contributed by atoms with E-state index < -0.39 is 5.82 Å². The van der Waals surface area contributed by atoms with Crippen LogP contribution in [0.3, 0.4) is 0 Å². The van der Waals surface area contributed by atoms with Crippen LogP contribution in [0.2, 0.25) is 0 Å². The molecule has 0 amide bonds. The van der Waals surface area contributed by atoms with Crippen molar-refractivity contribution in [3.8, 4) is 5.75 Å². The van der Waals surface area contributed by atoms with E-state index >= 15 is 0 Å². The molecule has 0 saturated carbocycles. The molecular weight excluding hydrogens is 274 g/mol. The Kier molecular flexibility index (Phi) is 3.02. The van der Waals surface area contributed by atoms with E-state index in [0.29, 0.717) is 15.4 Å². The molecule has 0 aliphatic heterocycles. The molecule has 12 heavy (non-hydrogen) atoms. The van der Waals surface area contributed by atoms with Gasteiger partial charge in [-0.15, -0.1) is 0 Å². The molecule has 64 valence electrons. The molecule has 1 aromatic rings. The highest BCUT2D eigenvalue weighted by Gasteiger charge is 2.07. The smallest absolute Gasteiger partial charge is 0.166 e. The first-order valence-electron chi connectivity index (χ1n) is 3.17. The fraction of sp³-hybridized carbons (Fsp3) is 0.125. The van der Waals surface area contributed by atoms with Crippen molar-refractivity contribution in [2.75, 3.05) is 7.11 Å². The second-order valence-electron chi connectivity index (χ2n) is 2.13. The van der Waals surface area contributed by atoms with Crippen LogP contribution in [-0.4, -0.2) is 13.4 Å². The monoisotopic (exact) mass is 280 g/mol. The molecule has 0 spiro atoms. The molecule has 0 radical (unpaired) electrons. The number of carbonyl (C=O) groups is 1. The number of halogens is 2. The summed E-state index contributed by atoms with van der Waals surface area (Å²) in [4.78, 5) is 10.4. The third kappa shape index (κ3) is 1.74. The third-order valence-electron chi connectivity index (χ3n) is 1.40. The molecule has 1 rings (SSSR count). The molecule has 0 aliphatic rings. The lowest BCUT2D eigenvalue weighted by atomic mass is 10.2. The first-order chi connectivity index (χ1) is 5.69. The number of benzene rings is 1. The summed E-state index contributed by atoms with van der Waals surface area (Å²) in [6, 6.07) is 2.65. The van der Waals surface area contributed by atoms with Crippen LogP contribution in [0.25, 0.3) is 0 Å². The van der Waals surface area contributed by atoms with Gasteiger partial charge < -0.3 is 4.74 Å². The predicted octanol–water partition coefficient (Wildman–Crippen LogP) is 2.25. The molecule has 0 aliphatic carbocycles. The highest BCUT2D eigenvalue weighted by atomic mass is 127. The van der Waals surface area contributed by atoms with Crippen LogP contribution in [-0.2, 0) is 0 Å². The fourth-order valence-corrected chi connectivity index (χ4v) is 1.35. The van der Waals surface area contributed by atoms with Gasteiger partial charge in [0, 0.05) is 9.13 Å². The van der Waals surface area contributed by atoms with Crippen molar-refractivity contribution in [2.45, 2.75) is 0 Å². The first-order valence-corrected chi connectivity index (χ1v) is 4.25. The average molecular weight is 280 g/mol. The van der Waals surface area contributed by atoms with E-state index in [1.54, 1.807) is 0 Å². The van der Waals surface area contributed by atoms with Crippen LogP contribution in [0.1, 0.15) is 10.4 Å². The standard InChI is InChI=1S/C8H6FIO2/c1-12-8-2-5(4-11)7(10)3-6(8)9/h2-4H,1H3. The van der Waals surface area contributed by atoms with Crippen LogP contribution in [0, 0.1) is 9.39 Å². The van der Waals surface area contributed by atoms with Crippen LogP contribution in [0.5, 0.6) is 5.75 Å². The quantitative estimate of drug-likeness (QED) is 0.613. The zero-order valence-corrected chi connectivity index (χ0v) is 8.46. The molecule has 0 atom stereocenters. The van der Waals surface area contributed by atoms with E-state index in [4.69, 9.17) is 4.74 Å². The highest BCUT2D eigenvalue weighted by Crippen LogP contribution is 2.22. The van der Waals surface area contributed by atoms with Crippen molar-refractivity contribution >= 4 is 28.9 Å². The summed E-state index contributed by atoms with van der Waals surface area (Å²) in [6.45, 7) is 0. The zero-order chi connectivity index (χ0) is 9.14. The van der Waals surface area contributed by atoms with Crippen LogP contribution in [0.15, 0.2) is 12.1 Å². The van der Waals surface area contributed by atoms with Crippen LogP contribution < -0.4 is 4.74 Å². The van der Waals surface area contributed by atoms with Crippen molar-refractivity contribution in [3.05, 3.63) is 27.1 Å². The Labute approximate surface area is 82.9 Å². The molecule has 0 heterocycles. The summed E-state index contributed by atoms with van der Waals surface area (Å²) in [6.07, 6.45) is 0.670. The van der Waals surface area contributed by atoms with Gasteiger partial charge in [0.2, 0.25) is 0 Å². The topological polar surface area (TPSA) is 26.3 Å². The van der Waals surface area contributed by atoms with Gasteiger partial charge >= 0.3 is 0 Å². The molecule has 0 fully saturated rings. The number of hydrogen-bond donors (Lipinski definition) is 0. The maximum absolute atomic E-state index is 12.9. The lowest BCUT2D eigenvalue weighted by molar-refractivity contribution is 0.112. The summed E-state index contributed by atoms with van der Waals surface area (Å²) < 4.78 is 18.2. The lowest BCUT2D eigenvalue weighted by Crippen LogP contribution is -1.93. The number of aldehydes is 1. The summed E-state index contributed by atoms with van der Waals surface area (Å²) in [5.74, 6) is -0.356. The highest BCUT2D eigenvalue weighted by molar-refractivity contribution is 14.1. The van der Waals surface area contributed by atoms with Gasteiger partial charge in [-0.3, -0.25) is 4.79 Å². The molecule has 0 unspecified atom stereocenters. The Hall–Kier alpha value is -0.650. The molecule has 0 bridgehead atoms. The van der Waals surface area contributed by atoms with E-state index in [9.17, 15) is 9.18 Å². The summed E-state index contributed by atoms with van der Waals surface area (Å²) >= 11 is 1.89. The predicted molar refractivity (Wildman–Crippen MR) is 51.1 cm³/mol. The van der Waals surface area contributed by atoms with E-state index in [1.165, 1.54) is 19.2 Å². The molecule has 4 heteroatoms. The van der Waals surface area contributed by atoms with E-state index in [0.717, 1.165) is 0 Å². The van der Waals surface area contributed by atoms with Gasteiger partial charge in [-0.25, -0.2) is 4.39 Å². The van der Waals surface area contributed by atoms with Crippen molar-refractivity contribution < 1.29 is 13.9 Å². The molecule has 0 N–H and O–H groups in total. The Bertz CT molecular complexity index is 312. The largest absolute Gasteiger partial charge is 0.494 e. The van der Waals surface area contributed by atoms with E-state index in [-0.39, 0.29) is 5.75 Å². The molecular formula is C8H6FIO2. The average Bonchev–Trinajstić information content (AvgIpc) is 2.05. The maximum Gasteiger partial charge on any atom is 0.166 e. The molecule has 1 aromatic carbocycles. The molecule has 0 aromatic heterocycles. The minimum absolute atomic E-state index is 0.0949. The number of rotatable bonds is 2. The van der Waals surface area contributed by atoms with Crippen molar-refractivity contribution in [3.63, 3.8) is 0 Å². The van der Waals surface area contributed by atoms with Gasteiger partial charge in [0.15, 0.2) is 17.9 Å². The lowest BCUT2D eigenvalue weighted by Gasteiger charge is -2.03. The summed E-state index contributed by atoms with van der Waals surface area (Å²) in [5.41, 5.74) is 0.439.